The van der Waals surface area contributed by atoms with Gasteiger partial charge in [0.05, 0.1) is 23.3 Å². The van der Waals surface area contributed by atoms with Crippen molar-refractivity contribution in [3.05, 3.63) is 88.6 Å². The van der Waals surface area contributed by atoms with Gasteiger partial charge in [0.2, 0.25) is 5.88 Å². The van der Waals surface area contributed by atoms with Crippen LogP contribution in [0.5, 0.6) is 5.88 Å². The van der Waals surface area contributed by atoms with Crippen molar-refractivity contribution in [2.24, 2.45) is 0 Å². The van der Waals surface area contributed by atoms with Crippen molar-refractivity contribution in [1.29, 1.82) is 0 Å². The Kier molecular flexibility index (Phi) is 6.47. The minimum Gasteiger partial charge on any atom is -0.473 e. The number of ether oxygens (including phenoxy) is 1. The molecule has 0 saturated heterocycles. The number of pyridine rings is 1. The molecule has 8 heteroatoms. The second-order valence-electron chi connectivity index (χ2n) is 8.27. The lowest BCUT2D eigenvalue weighted by Gasteiger charge is -2.25. The van der Waals surface area contributed by atoms with E-state index in [0.717, 1.165) is 54.3 Å². The molecule has 5 rings (SSSR count). The van der Waals surface area contributed by atoms with Crippen LogP contribution in [0.4, 0.5) is 10.1 Å². The van der Waals surface area contributed by atoms with Gasteiger partial charge in [0, 0.05) is 42.5 Å². The zero-order valence-electron chi connectivity index (χ0n) is 18.8. The Morgan fingerprint density at radius 3 is 2.85 bits per heavy atom. The Balaban J connectivity index is 1.21. The van der Waals surface area contributed by atoms with Crippen LogP contribution in [0, 0.1) is 5.82 Å². The number of imidazole rings is 1. The highest BCUT2D eigenvalue weighted by Crippen LogP contribution is 2.25. The van der Waals surface area contributed by atoms with Crippen LogP contribution in [0.25, 0.3) is 16.6 Å². The van der Waals surface area contributed by atoms with E-state index in [0.29, 0.717) is 16.5 Å². The van der Waals surface area contributed by atoms with Crippen LogP contribution in [-0.4, -0.2) is 40.0 Å². The van der Waals surface area contributed by atoms with Crippen LogP contribution in [0.15, 0.2) is 60.7 Å². The summed E-state index contributed by atoms with van der Waals surface area (Å²) in [4.78, 5) is 15.1. The Labute approximate surface area is 202 Å². The van der Waals surface area contributed by atoms with Crippen molar-refractivity contribution in [1.82, 2.24) is 19.9 Å². The standard InChI is InChI=1S/C26H25ClFN5O/c1-29-20-7-8-23-24(14-20)31-25(30-23)15-33-11-9-17(10-12-33)22-3-2-4-26(32-22)34-16-18-5-6-19(27)13-21(18)28/h2-9,13-14,29H,10-12,15-16H2,1H3,(H,30,31). The molecular formula is C26H25ClFN5O. The molecule has 0 atom stereocenters. The summed E-state index contributed by atoms with van der Waals surface area (Å²) < 4.78 is 19.7. The maximum absolute atomic E-state index is 14.0. The number of nitrogens with zero attached hydrogens (tertiary/aromatic N) is 3. The van der Waals surface area contributed by atoms with E-state index in [1.807, 2.05) is 31.3 Å². The van der Waals surface area contributed by atoms with Gasteiger partial charge >= 0.3 is 0 Å². The highest BCUT2D eigenvalue weighted by molar-refractivity contribution is 6.30. The number of H-pyrrole nitrogens is 1. The van der Waals surface area contributed by atoms with Gasteiger partial charge in [-0.1, -0.05) is 29.8 Å². The highest BCUT2D eigenvalue weighted by Gasteiger charge is 2.16. The molecule has 0 fully saturated rings. The maximum atomic E-state index is 14.0. The molecule has 0 bridgehead atoms. The van der Waals surface area contributed by atoms with Gasteiger partial charge < -0.3 is 15.0 Å². The number of nitrogens with one attached hydrogen (secondary N) is 2. The van der Waals surface area contributed by atoms with E-state index in [2.05, 4.69) is 32.3 Å². The second-order valence-corrected chi connectivity index (χ2v) is 8.70. The summed E-state index contributed by atoms with van der Waals surface area (Å²) in [6.45, 7) is 2.58. The monoisotopic (exact) mass is 477 g/mol. The normalized spacial score (nSPS) is 14.3. The van der Waals surface area contributed by atoms with Crippen LogP contribution in [0.1, 0.15) is 23.5 Å². The largest absolute Gasteiger partial charge is 0.473 e. The van der Waals surface area contributed by atoms with Crippen molar-refractivity contribution in [2.75, 3.05) is 25.5 Å². The topological polar surface area (TPSA) is 66.1 Å². The summed E-state index contributed by atoms with van der Waals surface area (Å²) in [7, 11) is 1.91. The van der Waals surface area contributed by atoms with Crippen molar-refractivity contribution >= 4 is 33.9 Å². The SMILES string of the molecule is CNc1ccc2nc(CN3CC=C(c4cccc(OCc5ccc(Cl)cc5F)n4)CC3)[nH]c2c1. The molecule has 6 nitrogen and oxygen atoms in total. The molecule has 1 aliphatic rings. The number of hydrogen-bond acceptors (Lipinski definition) is 5. The Morgan fingerprint density at radius 2 is 2.06 bits per heavy atom. The van der Waals surface area contributed by atoms with E-state index in [-0.39, 0.29) is 12.4 Å². The number of aromatic nitrogens is 3. The first kappa shape index (κ1) is 22.4. The van der Waals surface area contributed by atoms with Gasteiger partial charge in [0.15, 0.2) is 0 Å². The average Bonchev–Trinajstić information content (AvgIpc) is 3.25. The van der Waals surface area contributed by atoms with Gasteiger partial charge in [0.1, 0.15) is 18.2 Å². The molecule has 1 aliphatic heterocycles. The second kappa shape index (κ2) is 9.83. The third-order valence-corrected chi connectivity index (χ3v) is 6.16. The Morgan fingerprint density at radius 1 is 1.15 bits per heavy atom. The zero-order chi connectivity index (χ0) is 23.5. The van der Waals surface area contributed by atoms with Gasteiger partial charge in [-0.3, -0.25) is 4.90 Å². The molecule has 0 spiro atoms. The molecule has 0 amide bonds. The van der Waals surface area contributed by atoms with Crippen molar-refractivity contribution in [3.63, 3.8) is 0 Å². The molecular weight excluding hydrogens is 453 g/mol. The zero-order valence-corrected chi connectivity index (χ0v) is 19.6. The first-order valence-electron chi connectivity index (χ1n) is 11.2. The van der Waals surface area contributed by atoms with E-state index in [9.17, 15) is 4.39 Å². The summed E-state index contributed by atoms with van der Waals surface area (Å²) >= 11 is 5.82. The van der Waals surface area contributed by atoms with Gasteiger partial charge in [-0.25, -0.2) is 14.4 Å². The van der Waals surface area contributed by atoms with Gasteiger partial charge in [-0.2, -0.15) is 0 Å². The van der Waals surface area contributed by atoms with Crippen molar-refractivity contribution in [3.8, 4) is 5.88 Å². The lowest BCUT2D eigenvalue weighted by atomic mass is 10.0. The van der Waals surface area contributed by atoms with Crippen LogP contribution >= 0.6 is 11.6 Å². The van der Waals surface area contributed by atoms with Crippen LogP contribution < -0.4 is 10.1 Å². The van der Waals surface area contributed by atoms with E-state index < -0.39 is 0 Å². The number of hydrogen-bond donors (Lipinski definition) is 2. The first-order chi connectivity index (χ1) is 16.6. The van der Waals surface area contributed by atoms with Gasteiger partial charge in [-0.05, 0) is 48.4 Å². The van der Waals surface area contributed by atoms with Gasteiger partial charge in [-0.15, -0.1) is 0 Å². The Hall–Kier alpha value is -3.42. The molecule has 0 aliphatic carbocycles. The predicted molar refractivity (Wildman–Crippen MR) is 133 cm³/mol. The van der Waals surface area contributed by atoms with Crippen LogP contribution in [0.2, 0.25) is 5.02 Å². The fourth-order valence-corrected chi connectivity index (χ4v) is 4.22. The predicted octanol–water partition coefficient (Wildman–Crippen LogP) is 5.66. The van der Waals surface area contributed by atoms with E-state index in [1.165, 1.54) is 11.6 Å². The fourth-order valence-electron chi connectivity index (χ4n) is 4.06. The summed E-state index contributed by atoms with van der Waals surface area (Å²) in [6.07, 6.45) is 3.09. The van der Waals surface area contributed by atoms with Crippen molar-refractivity contribution in [2.45, 2.75) is 19.6 Å². The van der Waals surface area contributed by atoms with Crippen LogP contribution in [0.3, 0.4) is 0 Å². The molecule has 34 heavy (non-hydrogen) atoms. The Bertz CT molecular complexity index is 1350. The number of aromatic amines is 1. The average molecular weight is 478 g/mol. The van der Waals surface area contributed by atoms with Crippen molar-refractivity contribution < 1.29 is 9.13 Å². The molecule has 174 valence electrons. The van der Waals surface area contributed by atoms with E-state index >= 15 is 0 Å². The third-order valence-electron chi connectivity index (χ3n) is 5.93. The molecule has 0 saturated carbocycles. The molecule has 4 aromatic rings. The number of halogens is 2. The number of fused-ring (bicyclic) bond motifs is 1. The number of benzene rings is 2. The number of rotatable bonds is 7. The highest BCUT2D eigenvalue weighted by atomic mass is 35.5. The molecule has 2 N–H and O–H groups in total. The van der Waals surface area contributed by atoms with E-state index in [1.54, 1.807) is 18.2 Å². The van der Waals surface area contributed by atoms with Gasteiger partial charge in [0.25, 0.3) is 0 Å². The molecule has 0 unspecified atom stereocenters. The smallest absolute Gasteiger partial charge is 0.214 e. The quantitative estimate of drug-likeness (QED) is 0.359. The van der Waals surface area contributed by atoms with Crippen LogP contribution in [-0.2, 0) is 13.2 Å². The molecule has 2 aromatic heterocycles. The number of anilines is 1. The summed E-state index contributed by atoms with van der Waals surface area (Å²) in [5.74, 6) is 1.05. The lowest BCUT2D eigenvalue weighted by molar-refractivity contribution is 0.285. The lowest BCUT2D eigenvalue weighted by Crippen LogP contribution is -2.28. The molecule has 0 radical (unpaired) electrons. The van der Waals surface area contributed by atoms with E-state index in [4.69, 9.17) is 21.3 Å². The maximum Gasteiger partial charge on any atom is 0.214 e. The minimum atomic E-state index is -0.384. The fraction of sp³-hybridized carbons (Fsp3) is 0.231. The summed E-state index contributed by atoms with van der Waals surface area (Å²) in [5, 5.41) is 3.52. The molecule has 3 heterocycles. The molecule has 2 aromatic carbocycles. The summed E-state index contributed by atoms with van der Waals surface area (Å²) in [5.41, 5.74) is 5.58. The minimum absolute atomic E-state index is 0.0968. The third kappa shape index (κ3) is 5.05. The summed E-state index contributed by atoms with van der Waals surface area (Å²) in [6, 6.07) is 16.4. The first-order valence-corrected chi connectivity index (χ1v) is 11.6.